The van der Waals surface area contributed by atoms with Gasteiger partial charge in [0.15, 0.2) is 0 Å². The second-order valence-corrected chi connectivity index (χ2v) is 3.03. The second kappa shape index (κ2) is 4.41. The minimum absolute atomic E-state index is 0.209. The standard InChI is InChI=1S/C9H11N5O/c15-9-6-8(7-11-13-9)10-3-5-14-4-1-2-12-14/h1-2,4,6-7H,3,5H2,(H2,10,13,15). The number of nitrogens with zero attached hydrogens (tertiary/aromatic N) is 3. The van der Waals surface area contributed by atoms with Gasteiger partial charge in [0.2, 0.25) is 0 Å². The second-order valence-electron chi connectivity index (χ2n) is 3.03. The van der Waals surface area contributed by atoms with Crippen molar-refractivity contribution in [3.63, 3.8) is 0 Å². The number of hydrogen-bond donors (Lipinski definition) is 2. The molecular formula is C9H11N5O. The van der Waals surface area contributed by atoms with E-state index in [4.69, 9.17) is 0 Å². The molecule has 0 aliphatic rings. The van der Waals surface area contributed by atoms with Gasteiger partial charge in [-0.25, -0.2) is 5.10 Å². The summed E-state index contributed by atoms with van der Waals surface area (Å²) in [5, 5.41) is 13.1. The maximum Gasteiger partial charge on any atom is 0.266 e. The summed E-state index contributed by atoms with van der Waals surface area (Å²) in [5.74, 6) is 0. The highest BCUT2D eigenvalue weighted by atomic mass is 16.1. The maximum absolute atomic E-state index is 10.9. The van der Waals surface area contributed by atoms with E-state index in [2.05, 4.69) is 20.6 Å². The summed E-state index contributed by atoms with van der Waals surface area (Å²) in [6.07, 6.45) is 5.19. The molecule has 0 fully saturated rings. The van der Waals surface area contributed by atoms with Gasteiger partial charge in [0.05, 0.1) is 18.4 Å². The molecule has 0 spiro atoms. The van der Waals surface area contributed by atoms with E-state index in [1.165, 1.54) is 6.07 Å². The van der Waals surface area contributed by atoms with E-state index < -0.39 is 0 Å². The van der Waals surface area contributed by atoms with Gasteiger partial charge in [-0.3, -0.25) is 9.48 Å². The molecule has 0 atom stereocenters. The Morgan fingerprint density at radius 3 is 3.20 bits per heavy atom. The van der Waals surface area contributed by atoms with Crippen LogP contribution in [0.25, 0.3) is 0 Å². The number of nitrogens with one attached hydrogen (secondary N) is 2. The molecule has 0 bridgehead atoms. The molecule has 0 radical (unpaired) electrons. The average Bonchev–Trinajstić information content (AvgIpc) is 2.71. The van der Waals surface area contributed by atoms with Crippen LogP contribution in [0.3, 0.4) is 0 Å². The van der Waals surface area contributed by atoms with Gasteiger partial charge in [-0.15, -0.1) is 0 Å². The summed E-state index contributed by atoms with van der Waals surface area (Å²) in [7, 11) is 0. The Hall–Kier alpha value is -2.11. The summed E-state index contributed by atoms with van der Waals surface area (Å²) >= 11 is 0. The van der Waals surface area contributed by atoms with Crippen LogP contribution in [0.1, 0.15) is 0 Å². The zero-order chi connectivity index (χ0) is 10.5. The van der Waals surface area contributed by atoms with E-state index in [-0.39, 0.29) is 5.56 Å². The molecule has 6 heteroatoms. The largest absolute Gasteiger partial charge is 0.382 e. The van der Waals surface area contributed by atoms with E-state index in [0.29, 0.717) is 12.2 Å². The first-order valence-electron chi connectivity index (χ1n) is 4.60. The van der Waals surface area contributed by atoms with Gasteiger partial charge in [-0.2, -0.15) is 10.2 Å². The summed E-state index contributed by atoms with van der Waals surface area (Å²) in [6, 6.07) is 3.34. The molecule has 6 nitrogen and oxygen atoms in total. The Morgan fingerprint density at radius 1 is 1.53 bits per heavy atom. The maximum atomic E-state index is 10.9. The summed E-state index contributed by atoms with van der Waals surface area (Å²) in [5.41, 5.74) is 0.505. The van der Waals surface area contributed by atoms with Crippen molar-refractivity contribution in [1.82, 2.24) is 20.0 Å². The number of rotatable bonds is 4. The molecule has 2 heterocycles. The monoisotopic (exact) mass is 205 g/mol. The first-order chi connectivity index (χ1) is 7.34. The molecule has 0 aliphatic carbocycles. The minimum atomic E-state index is -0.209. The number of anilines is 1. The fraction of sp³-hybridized carbons (Fsp3) is 0.222. The Labute approximate surface area is 85.9 Å². The third-order valence-corrected chi connectivity index (χ3v) is 1.89. The Morgan fingerprint density at radius 2 is 2.47 bits per heavy atom. The van der Waals surface area contributed by atoms with Crippen LogP contribution in [0.5, 0.6) is 0 Å². The smallest absolute Gasteiger partial charge is 0.266 e. The third kappa shape index (κ3) is 2.67. The van der Waals surface area contributed by atoms with Gasteiger partial charge in [0.25, 0.3) is 5.56 Å². The summed E-state index contributed by atoms with van der Waals surface area (Å²) in [4.78, 5) is 10.9. The van der Waals surface area contributed by atoms with Crippen molar-refractivity contribution in [3.8, 4) is 0 Å². The number of H-pyrrole nitrogens is 1. The highest BCUT2D eigenvalue weighted by Crippen LogP contribution is 1.97. The van der Waals surface area contributed by atoms with E-state index in [1.54, 1.807) is 12.4 Å². The van der Waals surface area contributed by atoms with Crippen molar-refractivity contribution in [2.24, 2.45) is 0 Å². The lowest BCUT2D eigenvalue weighted by atomic mass is 10.4. The lowest BCUT2D eigenvalue weighted by Crippen LogP contribution is -2.13. The lowest BCUT2D eigenvalue weighted by Gasteiger charge is -2.04. The molecule has 0 aliphatic heterocycles. The van der Waals surface area contributed by atoms with E-state index in [1.807, 2.05) is 16.9 Å². The van der Waals surface area contributed by atoms with Gasteiger partial charge in [0.1, 0.15) is 0 Å². The number of aromatic nitrogens is 4. The SMILES string of the molecule is O=c1cc(NCCn2cccn2)cn[nH]1. The zero-order valence-electron chi connectivity index (χ0n) is 8.05. The lowest BCUT2D eigenvalue weighted by molar-refractivity contribution is 0.637. The zero-order valence-corrected chi connectivity index (χ0v) is 8.05. The topological polar surface area (TPSA) is 75.6 Å². The Balaban J connectivity index is 1.86. The van der Waals surface area contributed by atoms with Gasteiger partial charge >= 0.3 is 0 Å². The first kappa shape index (κ1) is 9.45. The van der Waals surface area contributed by atoms with Gasteiger partial charge < -0.3 is 5.32 Å². The fourth-order valence-electron chi connectivity index (χ4n) is 1.22. The molecule has 0 saturated carbocycles. The van der Waals surface area contributed by atoms with Crippen LogP contribution < -0.4 is 10.9 Å². The van der Waals surface area contributed by atoms with Crippen LogP contribution >= 0.6 is 0 Å². The van der Waals surface area contributed by atoms with Crippen LogP contribution in [0.4, 0.5) is 5.69 Å². The van der Waals surface area contributed by atoms with E-state index in [9.17, 15) is 4.79 Å². The van der Waals surface area contributed by atoms with E-state index in [0.717, 1.165) is 6.54 Å². The Kier molecular flexibility index (Phi) is 2.77. The quantitative estimate of drug-likeness (QED) is 0.741. The van der Waals surface area contributed by atoms with E-state index >= 15 is 0 Å². The van der Waals surface area contributed by atoms with Crippen molar-refractivity contribution in [3.05, 3.63) is 41.1 Å². The van der Waals surface area contributed by atoms with Gasteiger partial charge in [-0.05, 0) is 6.07 Å². The molecule has 2 aromatic heterocycles. The normalized spacial score (nSPS) is 10.1. The molecule has 0 unspecified atom stereocenters. The number of hydrogen-bond acceptors (Lipinski definition) is 4. The molecule has 2 N–H and O–H groups in total. The molecule has 2 rings (SSSR count). The third-order valence-electron chi connectivity index (χ3n) is 1.89. The number of aromatic amines is 1. The van der Waals surface area contributed by atoms with Gasteiger partial charge in [-0.1, -0.05) is 0 Å². The molecular weight excluding hydrogens is 194 g/mol. The fourth-order valence-corrected chi connectivity index (χ4v) is 1.22. The average molecular weight is 205 g/mol. The molecule has 2 aromatic rings. The predicted octanol–water partition coefficient (Wildman–Crippen LogP) is 0.0785. The minimum Gasteiger partial charge on any atom is -0.382 e. The first-order valence-corrected chi connectivity index (χ1v) is 4.60. The van der Waals surface area contributed by atoms with Crippen LogP contribution in [0, 0.1) is 0 Å². The molecule has 78 valence electrons. The molecule has 0 saturated heterocycles. The van der Waals surface area contributed by atoms with Crippen LogP contribution in [0.15, 0.2) is 35.5 Å². The molecule has 0 amide bonds. The van der Waals surface area contributed by atoms with Crippen molar-refractivity contribution < 1.29 is 0 Å². The van der Waals surface area contributed by atoms with Crippen molar-refractivity contribution in [2.45, 2.75) is 6.54 Å². The predicted molar refractivity (Wildman–Crippen MR) is 55.6 cm³/mol. The van der Waals surface area contributed by atoms with Gasteiger partial charge in [0, 0.05) is 25.0 Å². The highest BCUT2D eigenvalue weighted by Gasteiger charge is 1.93. The van der Waals surface area contributed by atoms with Crippen molar-refractivity contribution in [2.75, 3.05) is 11.9 Å². The summed E-state index contributed by atoms with van der Waals surface area (Å²) < 4.78 is 1.81. The van der Waals surface area contributed by atoms with Crippen molar-refractivity contribution in [1.29, 1.82) is 0 Å². The molecule has 15 heavy (non-hydrogen) atoms. The van der Waals surface area contributed by atoms with Crippen LogP contribution in [-0.4, -0.2) is 26.5 Å². The molecule has 0 aromatic carbocycles. The highest BCUT2D eigenvalue weighted by molar-refractivity contribution is 5.38. The van der Waals surface area contributed by atoms with Crippen LogP contribution in [-0.2, 0) is 6.54 Å². The summed E-state index contributed by atoms with van der Waals surface area (Å²) in [6.45, 7) is 1.45. The Bertz CT molecular complexity index is 461. The van der Waals surface area contributed by atoms with Crippen molar-refractivity contribution >= 4 is 5.69 Å². The van der Waals surface area contributed by atoms with Crippen LogP contribution in [0.2, 0.25) is 0 Å².